The van der Waals surface area contributed by atoms with Crippen molar-refractivity contribution < 1.29 is 0 Å². The van der Waals surface area contributed by atoms with E-state index in [1.807, 2.05) is 24.2 Å². The molecule has 0 spiro atoms. The molecule has 1 rings (SSSR count). The van der Waals surface area contributed by atoms with Crippen LogP contribution in [0.15, 0.2) is 29.4 Å². The lowest BCUT2D eigenvalue weighted by atomic mass is 10.1. The normalized spacial score (nSPS) is 14.4. The van der Waals surface area contributed by atoms with Gasteiger partial charge in [0.05, 0.1) is 0 Å². The zero-order valence-electron chi connectivity index (χ0n) is 11.9. The van der Waals surface area contributed by atoms with Crippen LogP contribution in [0.25, 0.3) is 0 Å². The second-order valence-electron chi connectivity index (χ2n) is 4.60. The smallest absolute Gasteiger partial charge is 0.0278 e. The van der Waals surface area contributed by atoms with Gasteiger partial charge in [0.25, 0.3) is 0 Å². The topological polar surface area (TPSA) is 24.9 Å². The number of thioether (sulfide) groups is 1. The van der Waals surface area contributed by atoms with E-state index in [9.17, 15) is 0 Å². The van der Waals surface area contributed by atoms with Crippen molar-refractivity contribution >= 4 is 11.8 Å². The van der Waals surface area contributed by atoms with E-state index in [1.165, 1.54) is 30.6 Å². The molecule has 0 aliphatic carbocycles. The minimum absolute atomic E-state index is 0.623. The van der Waals surface area contributed by atoms with Crippen LogP contribution >= 0.6 is 11.8 Å². The minimum atomic E-state index is 0.623. The Hall–Kier alpha value is -0.540. The molecule has 0 radical (unpaired) electrons. The van der Waals surface area contributed by atoms with Gasteiger partial charge in [-0.3, -0.25) is 4.98 Å². The van der Waals surface area contributed by atoms with Gasteiger partial charge in [-0.25, -0.2) is 0 Å². The summed E-state index contributed by atoms with van der Waals surface area (Å²) in [7, 11) is 0. The zero-order chi connectivity index (χ0) is 13.2. The third-order valence-electron chi connectivity index (χ3n) is 3.04. The quantitative estimate of drug-likeness (QED) is 0.681. The van der Waals surface area contributed by atoms with Gasteiger partial charge in [0.2, 0.25) is 0 Å². The SMILES string of the molecule is CCCNC(CCC)C(CC)Sc1ccncc1. The molecule has 2 unspecified atom stereocenters. The molecule has 1 heterocycles. The maximum atomic E-state index is 4.08. The molecule has 3 heteroatoms. The molecule has 2 nitrogen and oxygen atoms in total. The Bertz CT molecular complexity index is 303. The lowest BCUT2D eigenvalue weighted by Crippen LogP contribution is -2.38. The lowest BCUT2D eigenvalue weighted by molar-refractivity contribution is 0.454. The van der Waals surface area contributed by atoms with E-state index in [4.69, 9.17) is 0 Å². The predicted octanol–water partition coefficient (Wildman–Crippen LogP) is 4.12. The second kappa shape index (κ2) is 9.40. The fourth-order valence-corrected chi connectivity index (χ4v) is 3.29. The van der Waals surface area contributed by atoms with Crippen LogP contribution in [0.5, 0.6) is 0 Å². The molecule has 18 heavy (non-hydrogen) atoms. The Balaban J connectivity index is 2.60. The van der Waals surface area contributed by atoms with E-state index in [-0.39, 0.29) is 0 Å². The van der Waals surface area contributed by atoms with Crippen LogP contribution in [0.2, 0.25) is 0 Å². The first-order valence-electron chi connectivity index (χ1n) is 7.11. The number of nitrogens with zero attached hydrogens (tertiary/aromatic N) is 1. The first-order chi connectivity index (χ1) is 8.81. The molecule has 0 aliphatic heterocycles. The third kappa shape index (κ3) is 5.40. The maximum absolute atomic E-state index is 4.08. The van der Waals surface area contributed by atoms with E-state index < -0.39 is 0 Å². The predicted molar refractivity (Wildman–Crippen MR) is 81.2 cm³/mol. The minimum Gasteiger partial charge on any atom is -0.313 e. The van der Waals surface area contributed by atoms with Crippen molar-refractivity contribution in [3.8, 4) is 0 Å². The third-order valence-corrected chi connectivity index (χ3v) is 4.55. The molecule has 0 amide bonds. The van der Waals surface area contributed by atoms with Crippen molar-refractivity contribution in [3.05, 3.63) is 24.5 Å². The molecule has 0 aromatic carbocycles. The summed E-state index contributed by atoms with van der Waals surface area (Å²) in [6.07, 6.45) is 8.67. The summed E-state index contributed by atoms with van der Waals surface area (Å²) in [6.45, 7) is 7.91. The van der Waals surface area contributed by atoms with E-state index in [1.54, 1.807) is 0 Å². The fourth-order valence-electron chi connectivity index (χ4n) is 2.10. The molecular formula is C15H26N2S. The number of nitrogens with one attached hydrogen (secondary N) is 1. The van der Waals surface area contributed by atoms with Gasteiger partial charge in [-0.2, -0.15) is 0 Å². The van der Waals surface area contributed by atoms with Crippen molar-refractivity contribution in [2.75, 3.05) is 6.54 Å². The van der Waals surface area contributed by atoms with Crippen LogP contribution in [0.4, 0.5) is 0 Å². The van der Waals surface area contributed by atoms with E-state index >= 15 is 0 Å². The summed E-state index contributed by atoms with van der Waals surface area (Å²) in [5.74, 6) is 0. The summed E-state index contributed by atoms with van der Waals surface area (Å²) in [5.41, 5.74) is 0. The molecular weight excluding hydrogens is 240 g/mol. The summed E-state index contributed by atoms with van der Waals surface area (Å²) in [5, 5.41) is 4.36. The Labute approximate surface area is 116 Å². The van der Waals surface area contributed by atoms with Gasteiger partial charge in [0, 0.05) is 28.6 Å². The summed E-state index contributed by atoms with van der Waals surface area (Å²) in [6, 6.07) is 4.84. The number of aromatic nitrogens is 1. The van der Waals surface area contributed by atoms with E-state index in [0.717, 1.165) is 6.54 Å². The van der Waals surface area contributed by atoms with Gasteiger partial charge in [0.15, 0.2) is 0 Å². The number of rotatable bonds is 9. The highest BCUT2D eigenvalue weighted by molar-refractivity contribution is 8.00. The molecule has 0 saturated heterocycles. The van der Waals surface area contributed by atoms with E-state index in [2.05, 4.69) is 43.2 Å². The monoisotopic (exact) mass is 266 g/mol. The number of hydrogen-bond donors (Lipinski definition) is 1. The van der Waals surface area contributed by atoms with Crippen molar-refractivity contribution in [2.24, 2.45) is 0 Å². The van der Waals surface area contributed by atoms with Gasteiger partial charge < -0.3 is 5.32 Å². The van der Waals surface area contributed by atoms with Crippen LogP contribution in [0.3, 0.4) is 0 Å². The lowest BCUT2D eigenvalue weighted by Gasteiger charge is -2.26. The number of hydrogen-bond acceptors (Lipinski definition) is 3. The maximum Gasteiger partial charge on any atom is 0.0278 e. The van der Waals surface area contributed by atoms with Crippen LogP contribution in [-0.4, -0.2) is 22.8 Å². The molecule has 102 valence electrons. The van der Waals surface area contributed by atoms with Gasteiger partial charge in [-0.1, -0.05) is 27.2 Å². The average molecular weight is 266 g/mol. The Morgan fingerprint density at radius 3 is 2.44 bits per heavy atom. The molecule has 1 aromatic heterocycles. The summed E-state index contributed by atoms with van der Waals surface area (Å²) < 4.78 is 0. The standard InChI is InChI=1S/C15H26N2S/c1-4-7-14(17-10-5-2)15(6-3)18-13-8-11-16-12-9-13/h8-9,11-12,14-15,17H,4-7,10H2,1-3H3. The summed E-state index contributed by atoms with van der Waals surface area (Å²) >= 11 is 1.98. The van der Waals surface area contributed by atoms with Crippen molar-refractivity contribution in [2.45, 2.75) is 62.6 Å². The Morgan fingerprint density at radius 1 is 1.17 bits per heavy atom. The second-order valence-corrected chi connectivity index (χ2v) is 5.91. The van der Waals surface area contributed by atoms with Crippen molar-refractivity contribution in [1.82, 2.24) is 10.3 Å². The molecule has 2 atom stereocenters. The van der Waals surface area contributed by atoms with Crippen LogP contribution in [-0.2, 0) is 0 Å². The van der Waals surface area contributed by atoms with Crippen LogP contribution in [0.1, 0.15) is 46.5 Å². The first kappa shape index (κ1) is 15.5. The fraction of sp³-hybridized carbons (Fsp3) is 0.667. The molecule has 1 aromatic rings. The van der Waals surface area contributed by atoms with Crippen LogP contribution in [0, 0.1) is 0 Å². The largest absolute Gasteiger partial charge is 0.313 e. The van der Waals surface area contributed by atoms with Gasteiger partial charge in [-0.15, -0.1) is 11.8 Å². The van der Waals surface area contributed by atoms with Gasteiger partial charge in [0.1, 0.15) is 0 Å². The highest BCUT2D eigenvalue weighted by Gasteiger charge is 2.19. The first-order valence-corrected chi connectivity index (χ1v) is 7.99. The molecule has 0 aliphatic rings. The molecule has 0 bridgehead atoms. The van der Waals surface area contributed by atoms with Crippen molar-refractivity contribution in [3.63, 3.8) is 0 Å². The Kier molecular flexibility index (Phi) is 8.10. The molecule has 0 fully saturated rings. The zero-order valence-corrected chi connectivity index (χ0v) is 12.7. The van der Waals surface area contributed by atoms with Gasteiger partial charge >= 0.3 is 0 Å². The van der Waals surface area contributed by atoms with Gasteiger partial charge in [-0.05, 0) is 37.9 Å². The van der Waals surface area contributed by atoms with Crippen LogP contribution < -0.4 is 5.32 Å². The molecule has 1 N–H and O–H groups in total. The number of pyridine rings is 1. The van der Waals surface area contributed by atoms with Crippen molar-refractivity contribution in [1.29, 1.82) is 0 Å². The average Bonchev–Trinajstić information content (AvgIpc) is 2.42. The summed E-state index contributed by atoms with van der Waals surface area (Å²) in [4.78, 5) is 5.41. The van der Waals surface area contributed by atoms with E-state index in [0.29, 0.717) is 11.3 Å². The Morgan fingerprint density at radius 2 is 1.89 bits per heavy atom. The highest BCUT2D eigenvalue weighted by Crippen LogP contribution is 2.28. The highest BCUT2D eigenvalue weighted by atomic mass is 32.2. The molecule has 0 saturated carbocycles.